The number of carbonyl (C=O) groups excluding carboxylic acids is 2. The van der Waals surface area contributed by atoms with E-state index in [1.807, 2.05) is 25.1 Å². The zero-order chi connectivity index (χ0) is 26.6. The van der Waals surface area contributed by atoms with E-state index in [-0.39, 0.29) is 27.5 Å². The Balaban J connectivity index is 1.56. The SMILES string of the molecule is Cc1ccc2nc(N3C(=O)C(=O)C(=C(O)c4ccc5c(c4)OCCO5)[C@@H]3c3cccc([N+](=O)[O-])c3)sc2c1. The van der Waals surface area contributed by atoms with Gasteiger partial charge in [-0.15, -0.1) is 0 Å². The van der Waals surface area contributed by atoms with Crippen LogP contribution in [0.25, 0.3) is 16.0 Å². The molecular formula is C27H19N3O7S. The number of hydrogen-bond donors (Lipinski definition) is 1. The van der Waals surface area contributed by atoms with Crippen molar-refractivity contribution in [1.29, 1.82) is 0 Å². The van der Waals surface area contributed by atoms with E-state index in [4.69, 9.17) is 9.47 Å². The molecule has 38 heavy (non-hydrogen) atoms. The highest BCUT2D eigenvalue weighted by atomic mass is 32.1. The lowest BCUT2D eigenvalue weighted by Gasteiger charge is -2.23. The van der Waals surface area contributed by atoms with Crippen LogP contribution in [0, 0.1) is 17.0 Å². The fraction of sp³-hybridized carbons (Fsp3) is 0.148. The van der Waals surface area contributed by atoms with Gasteiger partial charge in [-0.2, -0.15) is 0 Å². The number of rotatable bonds is 4. The number of ketones is 1. The summed E-state index contributed by atoms with van der Waals surface area (Å²) in [5.74, 6) is -1.37. The van der Waals surface area contributed by atoms with Gasteiger partial charge in [0.15, 0.2) is 16.6 Å². The summed E-state index contributed by atoms with van der Waals surface area (Å²) in [6, 6.07) is 14.8. The van der Waals surface area contributed by atoms with Crippen molar-refractivity contribution in [1.82, 2.24) is 4.98 Å². The number of aryl methyl sites for hydroxylation is 1. The van der Waals surface area contributed by atoms with E-state index in [0.717, 1.165) is 10.3 Å². The molecule has 2 aliphatic rings. The summed E-state index contributed by atoms with van der Waals surface area (Å²) in [5, 5.41) is 23.2. The van der Waals surface area contributed by atoms with E-state index < -0.39 is 28.4 Å². The number of aliphatic hydroxyl groups excluding tert-OH is 1. The molecule has 1 saturated heterocycles. The van der Waals surface area contributed by atoms with Crippen LogP contribution in [0.2, 0.25) is 0 Å². The summed E-state index contributed by atoms with van der Waals surface area (Å²) in [6.07, 6.45) is 0. The summed E-state index contributed by atoms with van der Waals surface area (Å²) in [4.78, 5) is 43.6. The average molecular weight is 530 g/mol. The largest absolute Gasteiger partial charge is 0.507 e. The fourth-order valence-corrected chi connectivity index (χ4v) is 5.71. The van der Waals surface area contributed by atoms with Gasteiger partial charge in [0.25, 0.3) is 11.5 Å². The van der Waals surface area contributed by atoms with Crippen molar-refractivity contribution in [3.8, 4) is 11.5 Å². The molecule has 0 radical (unpaired) electrons. The fourth-order valence-electron chi connectivity index (χ4n) is 4.62. The monoisotopic (exact) mass is 529 g/mol. The van der Waals surface area contributed by atoms with Crippen molar-refractivity contribution in [2.45, 2.75) is 13.0 Å². The number of amides is 1. The Kier molecular flexibility index (Phi) is 5.57. The lowest BCUT2D eigenvalue weighted by molar-refractivity contribution is -0.384. The molecular weight excluding hydrogens is 510 g/mol. The quantitative estimate of drug-likeness (QED) is 0.130. The van der Waals surface area contributed by atoms with Gasteiger partial charge in [-0.1, -0.05) is 29.5 Å². The number of ether oxygens (including phenoxy) is 2. The molecule has 0 unspecified atom stereocenters. The Morgan fingerprint density at radius 2 is 1.87 bits per heavy atom. The average Bonchev–Trinajstić information content (AvgIpc) is 3.45. The first kappa shape index (κ1) is 23.6. The summed E-state index contributed by atoms with van der Waals surface area (Å²) >= 11 is 1.22. The second-order valence-corrected chi connectivity index (χ2v) is 9.86. The highest BCUT2D eigenvalue weighted by molar-refractivity contribution is 7.22. The van der Waals surface area contributed by atoms with Crippen molar-refractivity contribution in [2.75, 3.05) is 18.1 Å². The number of nitro groups is 1. The van der Waals surface area contributed by atoms with E-state index in [0.29, 0.717) is 30.2 Å². The smallest absolute Gasteiger partial charge is 0.301 e. The zero-order valence-corrected chi connectivity index (χ0v) is 20.7. The van der Waals surface area contributed by atoms with Gasteiger partial charge in [0, 0.05) is 17.7 Å². The summed E-state index contributed by atoms with van der Waals surface area (Å²) < 4.78 is 12.0. The number of aromatic nitrogens is 1. The molecule has 0 spiro atoms. The first-order valence-corrected chi connectivity index (χ1v) is 12.5. The van der Waals surface area contributed by atoms with Crippen LogP contribution in [0.1, 0.15) is 22.7 Å². The van der Waals surface area contributed by atoms with E-state index in [1.165, 1.54) is 40.5 Å². The van der Waals surface area contributed by atoms with Crippen molar-refractivity contribution in [2.24, 2.45) is 0 Å². The Morgan fingerprint density at radius 3 is 2.66 bits per heavy atom. The van der Waals surface area contributed by atoms with Gasteiger partial charge in [-0.3, -0.25) is 24.6 Å². The van der Waals surface area contributed by atoms with Crippen LogP contribution in [0.5, 0.6) is 11.5 Å². The first-order valence-electron chi connectivity index (χ1n) is 11.6. The number of nitrogens with zero attached hydrogens (tertiary/aromatic N) is 3. The third-order valence-corrected chi connectivity index (χ3v) is 7.41. The second-order valence-electron chi connectivity index (χ2n) is 8.85. The minimum Gasteiger partial charge on any atom is -0.507 e. The number of hydrogen-bond acceptors (Lipinski definition) is 9. The minimum absolute atomic E-state index is 0.206. The third-order valence-electron chi connectivity index (χ3n) is 6.40. The van der Waals surface area contributed by atoms with Crippen LogP contribution in [0.3, 0.4) is 0 Å². The topological polar surface area (TPSA) is 132 Å². The molecule has 0 aliphatic carbocycles. The van der Waals surface area contributed by atoms with E-state index in [1.54, 1.807) is 18.2 Å². The molecule has 0 bridgehead atoms. The molecule has 0 saturated carbocycles. The molecule has 6 rings (SSSR count). The normalized spacial score (nSPS) is 18.2. The van der Waals surface area contributed by atoms with Gasteiger partial charge in [-0.25, -0.2) is 4.98 Å². The van der Waals surface area contributed by atoms with Crippen LogP contribution < -0.4 is 14.4 Å². The second kappa shape index (κ2) is 8.96. The standard InChI is InChI=1S/C27H19N3O7S/c1-14-5-7-18-21(11-14)38-27(28-18)29-23(15-3-2-4-17(12-15)30(34)35)22(25(32)26(29)33)24(31)16-6-8-19-20(13-16)37-10-9-36-19/h2-8,11-13,23,31H,9-10H2,1H3/t23-/m0/s1. The number of Topliss-reactive ketones (excluding diaryl/α,β-unsaturated/α-hetero) is 1. The Hall–Kier alpha value is -4.77. The molecule has 4 aromatic rings. The van der Waals surface area contributed by atoms with E-state index >= 15 is 0 Å². The van der Waals surface area contributed by atoms with Gasteiger partial charge in [0.2, 0.25) is 0 Å². The molecule has 3 heterocycles. The molecule has 190 valence electrons. The predicted molar refractivity (Wildman–Crippen MR) is 140 cm³/mol. The molecule has 1 atom stereocenters. The number of aliphatic hydroxyl groups is 1. The van der Waals surface area contributed by atoms with Crippen LogP contribution in [0.15, 0.2) is 66.2 Å². The van der Waals surface area contributed by atoms with Crippen molar-refractivity contribution < 1.29 is 29.1 Å². The van der Waals surface area contributed by atoms with Gasteiger partial charge < -0.3 is 14.6 Å². The van der Waals surface area contributed by atoms with Gasteiger partial charge in [0.1, 0.15) is 19.0 Å². The van der Waals surface area contributed by atoms with Gasteiger partial charge in [0.05, 0.1) is 26.8 Å². The zero-order valence-electron chi connectivity index (χ0n) is 19.9. The maximum Gasteiger partial charge on any atom is 0.301 e. The molecule has 2 aliphatic heterocycles. The van der Waals surface area contributed by atoms with Gasteiger partial charge in [-0.05, 0) is 48.4 Å². The number of non-ortho nitro benzene ring substituents is 1. The number of thiazole rings is 1. The van der Waals surface area contributed by atoms with Crippen molar-refractivity contribution >= 4 is 49.8 Å². The summed E-state index contributed by atoms with van der Waals surface area (Å²) in [5.41, 5.74) is 1.75. The number of anilines is 1. The molecule has 10 nitrogen and oxygen atoms in total. The molecule has 1 fully saturated rings. The highest BCUT2D eigenvalue weighted by Crippen LogP contribution is 2.45. The van der Waals surface area contributed by atoms with Crippen LogP contribution in [-0.4, -0.2) is 39.9 Å². The maximum absolute atomic E-state index is 13.5. The molecule has 11 heteroatoms. The van der Waals surface area contributed by atoms with Gasteiger partial charge >= 0.3 is 5.91 Å². The highest BCUT2D eigenvalue weighted by Gasteiger charge is 2.48. The first-order chi connectivity index (χ1) is 18.3. The van der Waals surface area contributed by atoms with Crippen molar-refractivity contribution in [3.63, 3.8) is 0 Å². The minimum atomic E-state index is -1.15. The Bertz CT molecular complexity index is 1690. The van der Waals surface area contributed by atoms with Crippen LogP contribution in [0.4, 0.5) is 10.8 Å². The molecule has 1 N–H and O–H groups in total. The number of carbonyl (C=O) groups is 2. The van der Waals surface area contributed by atoms with Crippen molar-refractivity contribution in [3.05, 3.63) is 93.0 Å². The molecule has 1 aromatic heterocycles. The summed E-state index contributed by atoms with van der Waals surface area (Å²) in [6.45, 7) is 2.64. The number of fused-ring (bicyclic) bond motifs is 2. The van der Waals surface area contributed by atoms with E-state index in [9.17, 15) is 24.8 Å². The number of nitro benzene ring substituents is 1. The summed E-state index contributed by atoms with van der Waals surface area (Å²) in [7, 11) is 0. The third kappa shape index (κ3) is 3.84. The maximum atomic E-state index is 13.5. The lowest BCUT2D eigenvalue weighted by Crippen LogP contribution is -2.29. The van der Waals surface area contributed by atoms with Crippen LogP contribution in [-0.2, 0) is 9.59 Å². The molecule has 1 amide bonds. The lowest BCUT2D eigenvalue weighted by atomic mass is 9.95. The molecule has 3 aromatic carbocycles. The van der Waals surface area contributed by atoms with Crippen LogP contribution >= 0.6 is 11.3 Å². The number of benzene rings is 3. The Labute approximate surface area is 219 Å². The Morgan fingerprint density at radius 1 is 1.08 bits per heavy atom. The van der Waals surface area contributed by atoms with E-state index in [2.05, 4.69) is 4.98 Å². The predicted octanol–water partition coefficient (Wildman–Crippen LogP) is 4.91.